The molecule has 0 fully saturated rings. The summed E-state index contributed by atoms with van der Waals surface area (Å²) in [5.74, 6) is -0.0225. The lowest BCUT2D eigenvalue weighted by atomic mass is 10.1. The highest BCUT2D eigenvalue weighted by atomic mass is 79.9. The van der Waals surface area contributed by atoms with Gasteiger partial charge in [0.15, 0.2) is 5.78 Å². The van der Waals surface area contributed by atoms with Crippen LogP contribution >= 0.6 is 31.9 Å². The van der Waals surface area contributed by atoms with E-state index in [4.69, 9.17) is 0 Å². The van der Waals surface area contributed by atoms with Crippen molar-refractivity contribution in [3.63, 3.8) is 0 Å². The van der Waals surface area contributed by atoms with E-state index in [9.17, 15) is 4.79 Å². The minimum atomic E-state index is -0.0225. The molecule has 0 atom stereocenters. The Morgan fingerprint density at radius 3 is 2.45 bits per heavy atom. The Morgan fingerprint density at radius 2 is 1.80 bits per heavy atom. The smallest absolute Gasteiger partial charge is 0.187 e. The first-order valence-corrected chi connectivity index (χ1v) is 7.64. The highest BCUT2D eigenvalue weighted by Gasteiger charge is 2.01. The Morgan fingerprint density at radius 1 is 1.10 bits per heavy atom. The number of rotatable bonds is 4. The minimum Gasteiger partial charge on any atom is -0.361 e. The fourth-order valence-electron chi connectivity index (χ4n) is 1.63. The fraction of sp³-hybridized carbons (Fsp3) is 0.0625. The first-order chi connectivity index (χ1) is 9.56. The van der Waals surface area contributed by atoms with Crippen LogP contribution in [0, 0.1) is 6.92 Å². The van der Waals surface area contributed by atoms with Crippen LogP contribution in [-0.2, 0) is 0 Å². The zero-order chi connectivity index (χ0) is 14.5. The van der Waals surface area contributed by atoms with E-state index in [1.165, 1.54) is 6.08 Å². The molecule has 2 nitrogen and oxygen atoms in total. The van der Waals surface area contributed by atoms with Gasteiger partial charge in [0.25, 0.3) is 0 Å². The summed E-state index contributed by atoms with van der Waals surface area (Å²) in [6.07, 6.45) is 3.18. The standard InChI is InChI=1S/C16H13Br2NO/c1-11-2-4-12(5-3-11)16(20)8-9-19-15-7-6-13(17)10-14(15)18/h2-10,19H,1H3/b9-8+. The zero-order valence-electron chi connectivity index (χ0n) is 10.9. The number of allylic oxidation sites excluding steroid dienone is 1. The van der Waals surface area contributed by atoms with Gasteiger partial charge in [0.05, 0.1) is 5.69 Å². The molecule has 2 aromatic rings. The largest absolute Gasteiger partial charge is 0.361 e. The summed E-state index contributed by atoms with van der Waals surface area (Å²) in [4.78, 5) is 11.9. The fourth-order valence-corrected chi connectivity index (χ4v) is 2.79. The van der Waals surface area contributed by atoms with Crippen molar-refractivity contribution >= 4 is 43.3 Å². The minimum absolute atomic E-state index is 0.0225. The lowest BCUT2D eigenvalue weighted by molar-refractivity contribution is 0.104. The molecule has 0 heterocycles. The highest BCUT2D eigenvalue weighted by Crippen LogP contribution is 2.26. The van der Waals surface area contributed by atoms with Crippen molar-refractivity contribution in [1.82, 2.24) is 0 Å². The Bertz CT molecular complexity index is 648. The van der Waals surface area contributed by atoms with Crippen molar-refractivity contribution in [2.45, 2.75) is 6.92 Å². The van der Waals surface area contributed by atoms with E-state index in [1.807, 2.05) is 49.4 Å². The van der Waals surface area contributed by atoms with Crippen molar-refractivity contribution in [3.8, 4) is 0 Å². The molecule has 0 aliphatic rings. The number of anilines is 1. The van der Waals surface area contributed by atoms with E-state index in [1.54, 1.807) is 6.20 Å². The maximum absolute atomic E-state index is 11.9. The van der Waals surface area contributed by atoms with Gasteiger partial charge in [-0.25, -0.2) is 0 Å². The predicted molar refractivity (Wildman–Crippen MR) is 90.1 cm³/mol. The van der Waals surface area contributed by atoms with Crippen LogP contribution in [0.25, 0.3) is 0 Å². The van der Waals surface area contributed by atoms with Crippen LogP contribution in [0.3, 0.4) is 0 Å². The Kier molecular flexibility index (Phi) is 5.15. The molecule has 0 bridgehead atoms. The van der Waals surface area contributed by atoms with Gasteiger partial charge in [-0.05, 0) is 41.1 Å². The molecule has 0 aliphatic heterocycles. The summed E-state index contributed by atoms with van der Waals surface area (Å²) >= 11 is 6.85. The maximum atomic E-state index is 11.9. The van der Waals surface area contributed by atoms with E-state index in [2.05, 4.69) is 37.2 Å². The van der Waals surface area contributed by atoms with Crippen LogP contribution in [0.4, 0.5) is 5.69 Å². The van der Waals surface area contributed by atoms with Gasteiger partial charge in [-0.1, -0.05) is 45.8 Å². The molecule has 0 radical (unpaired) electrons. The van der Waals surface area contributed by atoms with E-state index >= 15 is 0 Å². The predicted octanol–water partition coefficient (Wildman–Crippen LogP) is 5.33. The van der Waals surface area contributed by atoms with Crippen LogP contribution in [0.5, 0.6) is 0 Å². The number of ketones is 1. The molecule has 0 saturated carbocycles. The number of benzene rings is 2. The number of carbonyl (C=O) groups excluding carboxylic acids is 1. The molecule has 0 unspecified atom stereocenters. The average Bonchev–Trinajstić information content (AvgIpc) is 2.42. The molecule has 0 aromatic heterocycles. The Labute approximate surface area is 135 Å². The summed E-state index contributed by atoms with van der Waals surface area (Å²) in [5, 5.41) is 3.08. The van der Waals surface area contributed by atoms with Crippen LogP contribution in [0.1, 0.15) is 15.9 Å². The van der Waals surface area contributed by atoms with Crippen LogP contribution in [0.15, 0.2) is 63.7 Å². The van der Waals surface area contributed by atoms with E-state index in [0.29, 0.717) is 5.56 Å². The molecule has 2 aromatic carbocycles. The molecule has 102 valence electrons. The summed E-state index contributed by atoms with van der Waals surface area (Å²) in [7, 11) is 0. The first-order valence-electron chi connectivity index (χ1n) is 6.05. The van der Waals surface area contributed by atoms with Crippen molar-refractivity contribution < 1.29 is 4.79 Å². The van der Waals surface area contributed by atoms with Gasteiger partial charge in [-0.15, -0.1) is 0 Å². The molecule has 20 heavy (non-hydrogen) atoms. The normalized spacial score (nSPS) is 10.8. The first kappa shape index (κ1) is 15.0. The lowest BCUT2D eigenvalue weighted by Crippen LogP contribution is -1.96. The third kappa shape index (κ3) is 4.05. The van der Waals surface area contributed by atoms with Gasteiger partial charge >= 0.3 is 0 Å². The second-order valence-electron chi connectivity index (χ2n) is 4.33. The Hall–Kier alpha value is -1.39. The number of carbonyl (C=O) groups is 1. The molecule has 0 saturated heterocycles. The number of hydrogen-bond acceptors (Lipinski definition) is 2. The van der Waals surface area contributed by atoms with Crippen LogP contribution in [0.2, 0.25) is 0 Å². The van der Waals surface area contributed by atoms with Gasteiger partial charge in [0, 0.05) is 26.8 Å². The quantitative estimate of drug-likeness (QED) is 0.560. The molecule has 0 spiro atoms. The topological polar surface area (TPSA) is 29.1 Å². The lowest BCUT2D eigenvalue weighted by Gasteiger charge is -2.04. The third-order valence-electron chi connectivity index (χ3n) is 2.74. The van der Waals surface area contributed by atoms with Gasteiger partial charge in [0.2, 0.25) is 0 Å². The van der Waals surface area contributed by atoms with Crippen LogP contribution < -0.4 is 5.32 Å². The van der Waals surface area contributed by atoms with E-state index < -0.39 is 0 Å². The summed E-state index contributed by atoms with van der Waals surface area (Å²) in [6, 6.07) is 13.3. The molecule has 1 N–H and O–H groups in total. The van der Waals surface area contributed by atoms with Gasteiger partial charge < -0.3 is 5.32 Å². The number of aryl methyl sites for hydroxylation is 1. The SMILES string of the molecule is Cc1ccc(C(=O)/C=C/Nc2ccc(Br)cc2Br)cc1. The van der Waals surface area contributed by atoms with Gasteiger partial charge in [-0.2, -0.15) is 0 Å². The summed E-state index contributed by atoms with van der Waals surface area (Å²) in [6.45, 7) is 2.00. The van der Waals surface area contributed by atoms with Gasteiger partial charge in [0.1, 0.15) is 0 Å². The molecule has 4 heteroatoms. The third-order valence-corrected chi connectivity index (χ3v) is 3.89. The second-order valence-corrected chi connectivity index (χ2v) is 6.10. The molecular weight excluding hydrogens is 382 g/mol. The molecule has 2 rings (SSSR count). The molecule has 0 aliphatic carbocycles. The van der Waals surface area contributed by atoms with Crippen molar-refractivity contribution in [3.05, 3.63) is 74.8 Å². The maximum Gasteiger partial charge on any atom is 0.187 e. The zero-order valence-corrected chi connectivity index (χ0v) is 14.0. The summed E-state index contributed by atoms with van der Waals surface area (Å²) < 4.78 is 1.92. The van der Waals surface area contributed by atoms with Crippen molar-refractivity contribution in [1.29, 1.82) is 0 Å². The van der Waals surface area contributed by atoms with E-state index in [0.717, 1.165) is 20.2 Å². The number of halogens is 2. The molecular formula is C16H13Br2NO. The van der Waals surface area contributed by atoms with Gasteiger partial charge in [-0.3, -0.25) is 4.79 Å². The monoisotopic (exact) mass is 393 g/mol. The van der Waals surface area contributed by atoms with Crippen LogP contribution in [-0.4, -0.2) is 5.78 Å². The average molecular weight is 395 g/mol. The molecule has 0 amide bonds. The van der Waals surface area contributed by atoms with Crippen molar-refractivity contribution in [2.24, 2.45) is 0 Å². The Balaban J connectivity index is 2.02. The van der Waals surface area contributed by atoms with E-state index in [-0.39, 0.29) is 5.78 Å². The van der Waals surface area contributed by atoms with Crippen molar-refractivity contribution in [2.75, 3.05) is 5.32 Å². The second kappa shape index (κ2) is 6.86. The number of hydrogen-bond donors (Lipinski definition) is 1. The highest BCUT2D eigenvalue weighted by molar-refractivity contribution is 9.11. The number of nitrogens with one attached hydrogen (secondary N) is 1. The summed E-state index contributed by atoms with van der Waals surface area (Å²) in [5.41, 5.74) is 2.73.